The molecule has 0 aromatic heterocycles. The standard InChI is InChI=1S/C12H15FN2O3S/c1-19-5-4-10(12(17)18)15-11(16)8-6-7(13)2-3-9(8)14/h2-3,6,10H,4-5,14H2,1H3,(H,15,16)(H,17,18). The van der Waals surface area contributed by atoms with Crippen molar-refractivity contribution in [3.05, 3.63) is 29.6 Å². The molecule has 4 N–H and O–H groups in total. The van der Waals surface area contributed by atoms with Crippen molar-refractivity contribution in [3.63, 3.8) is 0 Å². The number of benzene rings is 1. The van der Waals surface area contributed by atoms with Crippen molar-refractivity contribution in [1.82, 2.24) is 5.32 Å². The number of amides is 1. The van der Waals surface area contributed by atoms with Crippen molar-refractivity contribution in [1.29, 1.82) is 0 Å². The number of carbonyl (C=O) groups excluding carboxylic acids is 1. The van der Waals surface area contributed by atoms with Crippen molar-refractivity contribution in [3.8, 4) is 0 Å². The van der Waals surface area contributed by atoms with Gasteiger partial charge in [-0.3, -0.25) is 4.79 Å². The molecule has 1 rings (SSSR count). The van der Waals surface area contributed by atoms with Gasteiger partial charge in [-0.05, 0) is 36.6 Å². The Hall–Kier alpha value is -1.76. The second kappa shape index (κ2) is 6.98. The highest BCUT2D eigenvalue weighted by Gasteiger charge is 2.21. The molecule has 1 unspecified atom stereocenters. The summed E-state index contributed by atoms with van der Waals surface area (Å²) in [6.45, 7) is 0. The number of nitrogens with one attached hydrogen (secondary N) is 1. The number of aliphatic carboxylic acids is 1. The monoisotopic (exact) mass is 286 g/mol. The average molecular weight is 286 g/mol. The Kier molecular flexibility index (Phi) is 5.62. The number of nitrogen functional groups attached to an aromatic ring is 1. The van der Waals surface area contributed by atoms with Gasteiger partial charge in [-0.2, -0.15) is 11.8 Å². The smallest absolute Gasteiger partial charge is 0.326 e. The highest BCUT2D eigenvalue weighted by atomic mass is 32.2. The minimum absolute atomic E-state index is 0.0598. The van der Waals surface area contributed by atoms with E-state index in [4.69, 9.17) is 10.8 Å². The van der Waals surface area contributed by atoms with E-state index in [0.717, 1.165) is 12.1 Å². The van der Waals surface area contributed by atoms with Gasteiger partial charge in [-0.1, -0.05) is 0 Å². The number of carboxylic acids is 1. The van der Waals surface area contributed by atoms with Crippen LogP contribution in [0, 0.1) is 5.82 Å². The highest BCUT2D eigenvalue weighted by molar-refractivity contribution is 7.98. The van der Waals surface area contributed by atoms with Crippen LogP contribution in [0.5, 0.6) is 0 Å². The van der Waals surface area contributed by atoms with Crippen LogP contribution >= 0.6 is 11.8 Å². The lowest BCUT2D eigenvalue weighted by Gasteiger charge is -2.14. The van der Waals surface area contributed by atoms with Gasteiger partial charge in [0.2, 0.25) is 0 Å². The number of anilines is 1. The van der Waals surface area contributed by atoms with Crippen LogP contribution in [0.4, 0.5) is 10.1 Å². The minimum atomic E-state index is -1.13. The van der Waals surface area contributed by atoms with E-state index in [1.54, 1.807) is 0 Å². The van der Waals surface area contributed by atoms with E-state index >= 15 is 0 Å². The second-order valence-electron chi connectivity index (χ2n) is 3.88. The Morgan fingerprint density at radius 3 is 2.79 bits per heavy atom. The summed E-state index contributed by atoms with van der Waals surface area (Å²) in [6, 6.07) is 2.37. The van der Waals surface area contributed by atoms with Crippen molar-refractivity contribution in [2.75, 3.05) is 17.7 Å². The van der Waals surface area contributed by atoms with Crippen molar-refractivity contribution >= 4 is 29.3 Å². The molecule has 0 fully saturated rings. The van der Waals surface area contributed by atoms with Gasteiger partial charge in [0.25, 0.3) is 5.91 Å². The van der Waals surface area contributed by atoms with E-state index < -0.39 is 23.7 Å². The zero-order valence-electron chi connectivity index (χ0n) is 10.4. The van der Waals surface area contributed by atoms with Crippen molar-refractivity contribution < 1.29 is 19.1 Å². The number of nitrogens with two attached hydrogens (primary N) is 1. The van der Waals surface area contributed by atoms with Gasteiger partial charge in [0.15, 0.2) is 0 Å². The number of hydrogen-bond acceptors (Lipinski definition) is 4. The molecule has 0 saturated heterocycles. The quantitative estimate of drug-likeness (QED) is 0.686. The van der Waals surface area contributed by atoms with E-state index in [9.17, 15) is 14.0 Å². The molecule has 0 bridgehead atoms. The topological polar surface area (TPSA) is 92.4 Å². The van der Waals surface area contributed by atoms with Crippen LogP contribution in [0.2, 0.25) is 0 Å². The molecular formula is C12H15FN2O3S. The summed E-state index contributed by atoms with van der Waals surface area (Å²) in [7, 11) is 0. The van der Waals surface area contributed by atoms with Crippen LogP contribution in [0.15, 0.2) is 18.2 Å². The van der Waals surface area contributed by atoms with Gasteiger partial charge in [0.1, 0.15) is 11.9 Å². The molecule has 104 valence electrons. The summed E-state index contributed by atoms with van der Waals surface area (Å²) in [6.07, 6.45) is 2.13. The molecule has 0 aliphatic carbocycles. The predicted molar refractivity (Wildman–Crippen MR) is 72.7 cm³/mol. The van der Waals surface area contributed by atoms with Crippen LogP contribution in [0.25, 0.3) is 0 Å². The third-order valence-electron chi connectivity index (χ3n) is 2.47. The van der Waals surface area contributed by atoms with Gasteiger partial charge in [0, 0.05) is 5.69 Å². The van der Waals surface area contributed by atoms with E-state index in [2.05, 4.69) is 5.32 Å². The first-order valence-corrected chi connectivity index (χ1v) is 6.92. The molecule has 0 heterocycles. The van der Waals surface area contributed by atoms with Gasteiger partial charge < -0.3 is 16.2 Å². The molecule has 1 atom stereocenters. The van der Waals surface area contributed by atoms with Crippen molar-refractivity contribution in [2.45, 2.75) is 12.5 Å². The van der Waals surface area contributed by atoms with E-state index in [1.165, 1.54) is 17.8 Å². The number of rotatable bonds is 6. The maximum atomic E-state index is 13.1. The Bertz CT molecular complexity index is 482. The van der Waals surface area contributed by atoms with E-state index in [0.29, 0.717) is 5.75 Å². The number of halogens is 1. The summed E-state index contributed by atoms with van der Waals surface area (Å²) in [5.41, 5.74) is 5.61. The summed E-state index contributed by atoms with van der Waals surface area (Å²) in [4.78, 5) is 22.9. The minimum Gasteiger partial charge on any atom is -0.480 e. The van der Waals surface area contributed by atoms with Crippen LogP contribution in [-0.4, -0.2) is 35.0 Å². The zero-order chi connectivity index (χ0) is 14.4. The summed E-state index contributed by atoms with van der Waals surface area (Å²) < 4.78 is 13.1. The maximum absolute atomic E-state index is 13.1. The lowest BCUT2D eigenvalue weighted by Crippen LogP contribution is -2.41. The van der Waals surface area contributed by atoms with Crippen molar-refractivity contribution in [2.24, 2.45) is 0 Å². The van der Waals surface area contributed by atoms with Crippen LogP contribution in [0.3, 0.4) is 0 Å². The van der Waals surface area contributed by atoms with Gasteiger partial charge >= 0.3 is 5.97 Å². The number of hydrogen-bond donors (Lipinski definition) is 3. The molecule has 0 aliphatic rings. The van der Waals surface area contributed by atoms with Crippen LogP contribution in [0.1, 0.15) is 16.8 Å². The van der Waals surface area contributed by atoms with Gasteiger partial charge in [-0.15, -0.1) is 0 Å². The van der Waals surface area contributed by atoms with Crippen LogP contribution in [-0.2, 0) is 4.79 Å². The Morgan fingerprint density at radius 1 is 1.53 bits per heavy atom. The van der Waals surface area contributed by atoms with E-state index in [1.807, 2.05) is 6.26 Å². The highest BCUT2D eigenvalue weighted by Crippen LogP contribution is 2.14. The zero-order valence-corrected chi connectivity index (χ0v) is 11.2. The molecule has 0 aliphatic heterocycles. The van der Waals surface area contributed by atoms with Gasteiger partial charge in [-0.25, -0.2) is 9.18 Å². The summed E-state index contributed by atoms with van der Waals surface area (Å²) in [5.74, 6) is -1.83. The van der Waals surface area contributed by atoms with Gasteiger partial charge in [0.05, 0.1) is 5.56 Å². The maximum Gasteiger partial charge on any atom is 0.326 e. The largest absolute Gasteiger partial charge is 0.480 e. The lowest BCUT2D eigenvalue weighted by atomic mass is 10.1. The molecule has 1 aromatic carbocycles. The fraction of sp³-hybridized carbons (Fsp3) is 0.333. The Balaban J connectivity index is 2.81. The molecule has 0 spiro atoms. The fourth-order valence-corrected chi connectivity index (χ4v) is 1.93. The third-order valence-corrected chi connectivity index (χ3v) is 3.12. The average Bonchev–Trinajstić information content (AvgIpc) is 2.36. The Labute approximate surface area is 114 Å². The molecule has 19 heavy (non-hydrogen) atoms. The second-order valence-corrected chi connectivity index (χ2v) is 4.86. The third kappa shape index (κ3) is 4.44. The molecule has 5 nitrogen and oxygen atoms in total. The summed E-state index contributed by atoms with van der Waals surface area (Å²) in [5, 5.41) is 11.3. The molecule has 1 aromatic rings. The molecule has 7 heteroatoms. The first-order valence-electron chi connectivity index (χ1n) is 5.53. The number of carboxylic acid groups (broad SMARTS) is 1. The predicted octanol–water partition coefficient (Wildman–Crippen LogP) is 1.34. The fourth-order valence-electron chi connectivity index (χ4n) is 1.45. The first-order chi connectivity index (χ1) is 8.95. The Morgan fingerprint density at radius 2 is 2.21 bits per heavy atom. The summed E-state index contributed by atoms with van der Waals surface area (Å²) >= 11 is 1.48. The normalized spacial score (nSPS) is 11.9. The lowest BCUT2D eigenvalue weighted by molar-refractivity contribution is -0.139. The molecular weight excluding hydrogens is 271 g/mol. The molecule has 0 radical (unpaired) electrons. The first kappa shape index (κ1) is 15.3. The number of thioether (sulfide) groups is 1. The SMILES string of the molecule is CSCCC(NC(=O)c1cc(F)ccc1N)C(=O)O. The van der Waals surface area contributed by atoms with Crippen LogP contribution < -0.4 is 11.1 Å². The molecule has 0 saturated carbocycles. The number of carbonyl (C=O) groups is 2. The molecule has 1 amide bonds. The van der Waals surface area contributed by atoms with E-state index in [-0.39, 0.29) is 17.7 Å².